The van der Waals surface area contributed by atoms with E-state index < -0.39 is 0 Å². The molecule has 2 aliphatic rings. The van der Waals surface area contributed by atoms with Gasteiger partial charge in [0, 0.05) is 6.42 Å². The zero-order valence-electron chi connectivity index (χ0n) is 16.3. The summed E-state index contributed by atoms with van der Waals surface area (Å²) in [6.07, 6.45) is 7.13. The minimum Gasteiger partial charge on any atom is -0.497 e. The van der Waals surface area contributed by atoms with E-state index in [9.17, 15) is 4.79 Å². The van der Waals surface area contributed by atoms with Gasteiger partial charge in [0.2, 0.25) is 0 Å². The van der Waals surface area contributed by atoms with E-state index in [2.05, 4.69) is 4.90 Å². The summed E-state index contributed by atoms with van der Waals surface area (Å²) in [7, 11) is 1.65. The molecule has 6 heteroatoms. The van der Waals surface area contributed by atoms with Crippen LogP contribution in [0.3, 0.4) is 0 Å². The third-order valence-electron chi connectivity index (χ3n) is 5.52. The van der Waals surface area contributed by atoms with Gasteiger partial charge in [0.15, 0.2) is 0 Å². The summed E-state index contributed by atoms with van der Waals surface area (Å²) in [6, 6.07) is 11.4. The summed E-state index contributed by atoms with van der Waals surface area (Å²) in [5, 5.41) is 6.34. The first-order valence-corrected chi connectivity index (χ1v) is 10.0. The van der Waals surface area contributed by atoms with Crippen LogP contribution in [-0.4, -0.2) is 48.3 Å². The smallest absolute Gasteiger partial charge is 0.257 e. The van der Waals surface area contributed by atoms with E-state index in [1.165, 1.54) is 12.8 Å². The molecule has 0 spiro atoms. The van der Waals surface area contributed by atoms with Gasteiger partial charge < -0.3 is 9.15 Å². The predicted octanol–water partition coefficient (Wildman–Crippen LogP) is 3.84. The molecule has 1 saturated heterocycles. The summed E-state index contributed by atoms with van der Waals surface area (Å²) in [5.74, 6) is 1.61. The largest absolute Gasteiger partial charge is 0.497 e. The molecule has 1 atom stereocenters. The van der Waals surface area contributed by atoms with Crippen LogP contribution in [0.25, 0.3) is 0 Å². The van der Waals surface area contributed by atoms with Crippen LogP contribution in [0.2, 0.25) is 0 Å². The lowest BCUT2D eigenvalue weighted by Crippen LogP contribution is -2.38. The van der Waals surface area contributed by atoms with Crippen molar-refractivity contribution in [1.29, 1.82) is 0 Å². The minimum atomic E-state index is -0.188. The van der Waals surface area contributed by atoms with E-state index in [-0.39, 0.29) is 11.9 Å². The van der Waals surface area contributed by atoms with Crippen molar-refractivity contribution in [3.05, 3.63) is 54.0 Å². The van der Waals surface area contributed by atoms with Crippen molar-refractivity contribution in [3.63, 3.8) is 0 Å². The SMILES string of the molecule is COc1ccc(C2=NN(C(=O)CN3CCCCCC3)[C@@H](c3ccco3)C2)cc1. The minimum absolute atomic E-state index is 0.0341. The first kappa shape index (κ1) is 18.7. The van der Waals surface area contributed by atoms with Crippen molar-refractivity contribution in [2.75, 3.05) is 26.7 Å². The molecular formula is C22H27N3O3. The van der Waals surface area contributed by atoms with E-state index in [1.807, 2.05) is 36.4 Å². The Morgan fingerprint density at radius 1 is 1.14 bits per heavy atom. The molecule has 6 nitrogen and oxygen atoms in total. The molecule has 0 radical (unpaired) electrons. The van der Waals surface area contributed by atoms with Gasteiger partial charge in [-0.1, -0.05) is 12.8 Å². The molecule has 1 aromatic carbocycles. The zero-order chi connectivity index (χ0) is 19.3. The Morgan fingerprint density at radius 3 is 2.54 bits per heavy atom. The average Bonchev–Trinajstić information content (AvgIpc) is 3.34. The van der Waals surface area contributed by atoms with Crippen molar-refractivity contribution in [1.82, 2.24) is 9.91 Å². The van der Waals surface area contributed by atoms with Crippen molar-refractivity contribution in [2.45, 2.75) is 38.1 Å². The molecule has 0 saturated carbocycles. The van der Waals surface area contributed by atoms with E-state index in [4.69, 9.17) is 14.3 Å². The van der Waals surface area contributed by atoms with Gasteiger partial charge in [-0.15, -0.1) is 0 Å². The van der Waals surface area contributed by atoms with Crippen molar-refractivity contribution in [2.24, 2.45) is 5.10 Å². The lowest BCUT2D eigenvalue weighted by molar-refractivity contribution is -0.134. The molecule has 4 rings (SSSR count). The van der Waals surface area contributed by atoms with Crippen LogP contribution in [0, 0.1) is 0 Å². The number of amides is 1. The standard InChI is InChI=1S/C22H27N3O3/c1-27-18-10-8-17(9-11-18)19-15-20(21-7-6-14-28-21)25(23-19)22(26)16-24-12-4-2-3-5-13-24/h6-11,14,20H,2-5,12-13,15-16H2,1H3/t20-/m1/s1. The maximum absolute atomic E-state index is 13.1. The molecule has 0 unspecified atom stereocenters. The van der Waals surface area contributed by atoms with Crippen molar-refractivity contribution >= 4 is 11.6 Å². The highest BCUT2D eigenvalue weighted by molar-refractivity contribution is 6.03. The number of likely N-dealkylation sites (tertiary alicyclic amines) is 1. The summed E-state index contributed by atoms with van der Waals surface area (Å²) in [4.78, 5) is 15.4. The molecule has 1 amide bonds. The van der Waals surface area contributed by atoms with Crippen LogP contribution in [0.1, 0.15) is 49.5 Å². The van der Waals surface area contributed by atoms with Gasteiger partial charge in [-0.05, 0) is 67.9 Å². The molecule has 0 N–H and O–H groups in total. The molecule has 3 heterocycles. The van der Waals surface area contributed by atoms with Gasteiger partial charge in [-0.2, -0.15) is 5.10 Å². The second-order valence-electron chi connectivity index (χ2n) is 7.44. The third-order valence-corrected chi connectivity index (χ3v) is 5.52. The van der Waals surface area contributed by atoms with E-state index in [1.54, 1.807) is 18.4 Å². The number of carbonyl (C=O) groups excluding carboxylic acids is 1. The summed E-state index contributed by atoms with van der Waals surface area (Å²) >= 11 is 0. The Bertz CT molecular complexity index is 806. The summed E-state index contributed by atoms with van der Waals surface area (Å²) in [5.41, 5.74) is 1.90. The maximum Gasteiger partial charge on any atom is 0.257 e. The van der Waals surface area contributed by atoms with E-state index in [0.717, 1.165) is 48.7 Å². The number of nitrogens with zero attached hydrogens (tertiary/aromatic N) is 3. The number of hydrogen-bond donors (Lipinski definition) is 0. The van der Waals surface area contributed by atoms with Gasteiger partial charge in [-0.3, -0.25) is 9.69 Å². The van der Waals surface area contributed by atoms with Gasteiger partial charge in [-0.25, -0.2) is 5.01 Å². The second kappa shape index (κ2) is 8.61. The molecule has 2 aromatic rings. The fourth-order valence-electron chi connectivity index (χ4n) is 3.96. The van der Waals surface area contributed by atoms with Crippen LogP contribution >= 0.6 is 0 Å². The van der Waals surface area contributed by atoms with Crippen LogP contribution in [0.4, 0.5) is 0 Å². The quantitative estimate of drug-likeness (QED) is 0.790. The normalized spacial score (nSPS) is 20.7. The van der Waals surface area contributed by atoms with Crippen LogP contribution in [-0.2, 0) is 4.79 Å². The van der Waals surface area contributed by atoms with Crippen LogP contribution in [0.15, 0.2) is 52.2 Å². The number of ether oxygens (including phenoxy) is 1. The number of rotatable bonds is 5. The molecule has 28 heavy (non-hydrogen) atoms. The molecular weight excluding hydrogens is 354 g/mol. The summed E-state index contributed by atoms with van der Waals surface area (Å²) in [6.45, 7) is 2.39. The molecule has 148 valence electrons. The highest BCUT2D eigenvalue weighted by Gasteiger charge is 2.35. The number of carbonyl (C=O) groups is 1. The fourth-order valence-corrected chi connectivity index (χ4v) is 3.96. The van der Waals surface area contributed by atoms with Gasteiger partial charge in [0.1, 0.15) is 17.6 Å². The first-order chi connectivity index (χ1) is 13.7. The maximum atomic E-state index is 13.1. The number of hydrogen-bond acceptors (Lipinski definition) is 5. The number of furan rings is 1. The highest BCUT2D eigenvalue weighted by Crippen LogP contribution is 2.33. The number of methoxy groups -OCH3 is 1. The summed E-state index contributed by atoms with van der Waals surface area (Å²) < 4.78 is 10.9. The number of benzene rings is 1. The zero-order valence-corrected chi connectivity index (χ0v) is 16.3. The Labute approximate surface area is 165 Å². The van der Waals surface area contributed by atoms with Crippen molar-refractivity contribution in [3.8, 4) is 5.75 Å². The molecule has 1 aromatic heterocycles. The van der Waals surface area contributed by atoms with Gasteiger partial charge >= 0.3 is 0 Å². The van der Waals surface area contributed by atoms with E-state index in [0.29, 0.717) is 13.0 Å². The fraction of sp³-hybridized carbons (Fsp3) is 0.455. The monoisotopic (exact) mass is 381 g/mol. The Kier molecular flexibility index (Phi) is 5.76. The Hall–Kier alpha value is -2.60. The highest BCUT2D eigenvalue weighted by atomic mass is 16.5. The second-order valence-corrected chi connectivity index (χ2v) is 7.44. The lowest BCUT2D eigenvalue weighted by Gasteiger charge is -2.24. The van der Waals surface area contributed by atoms with Gasteiger partial charge in [0.05, 0.1) is 25.6 Å². The van der Waals surface area contributed by atoms with Crippen molar-refractivity contribution < 1.29 is 13.9 Å². The predicted molar refractivity (Wildman–Crippen MR) is 107 cm³/mol. The average molecular weight is 381 g/mol. The molecule has 1 fully saturated rings. The topological polar surface area (TPSA) is 58.3 Å². The third kappa shape index (κ3) is 4.12. The first-order valence-electron chi connectivity index (χ1n) is 10.0. The molecule has 0 aliphatic carbocycles. The molecule has 0 bridgehead atoms. The Balaban J connectivity index is 1.55. The van der Waals surface area contributed by atoms with Crippen LogP contribution in [0.5, 0.6) is 5.75 Å². The lowest BCUT2D eigenvalue weighted by atomic mass is 10.0. The Morgan fingerprint density at radius 2 is 1.89 bits per heavy atom. The van der Waals surface area contributed by atoms with Gasteiger partial charge in [0.25, 0.3) is 5.91 Å². The van der Waals surface area contributed by atoms with E-state index >= 15 is 0 Å². The number of hydrazone groups is 1. The van der Waals surface area contributed by atoms with Crippen LogP contribution < -0.4 is 4.74 Å². The molecule has 2 aliphatic heterocycles.